The lowest BCUT2D eigenvalue weighted by Gasteiger charge is -2.12. The third kappa shape index (κ3) is 6.36. The van der Waals surface area contributed by atoms with Crippen molar-refractivity contribution in [2.24, 2.45) is 4.99 Å². The van der Waals surface area contributed by atoms with E-state index in [1.165, 1.54) is 5.56 Å². The van der Waals surface area contributed by atoms with Crippen molar-refractivity contribution in [1.82, 2.24) is 10.6 Å². The standard InChI is InChI=1S/C19H27N3O2/c1-3-12-20-19(22-14-11-18-5-4-15-24-18)21-13-10-16-6-8-17(23-2)9-7-16/h4-9,15H,3,10-14H2,1-2H3,(H2,20,21,22). The molecule has 5 nitrogen and oxygen atoms in total. The van der Waals surface area contributed by atoms with Gasteiger partial charge in [0.2, 0.25) is 0 Å². The van der Waals surface area contributed by atoms with Crippen LogP contribution in [0.15, 0.2) is 52.1 Å². The maximum Gasteiger partial charge on any atom is 0.191 e. The molecule has 2 rings (SSSR count). The van der Waals surface area contributed by atoms with Crippen LogP contribution in [0.5, 0.6) is 5.75 Å². The van der Waals surface area contributed by atoms with Crippen molar-refractivity contribution in [3.05, 3.63) is 54.0 Å². The van der Waals surface area contributed by atoms with Gasteiger partial charge >= 0.3 is 0 Å². The van der Waals surface area contributed by atoms with Gasteiger partial charge in [-0.15, -0.1) is 0 Å². The predicted octanol–water partition coefficient (Wildman–Crippen LogP) is 3.02. The molecule has 0 unspecified atom stereocenters. The highest BCUT2D eigenvalue weighted by molar-refractivity contribution is 5.79. The van der Waals surface area contributed by atoms with E-state index in [9.17, 15) is 0 Å². The van der Waals surface area contributed by atoms with Crippen LogP contribution in [-0.4, -0.2) is 32.7 Å². The molecule has 0 amide bonds. The lowest BCUT2D eigenvalue weighted by atomic mass is 10.1. The molecule has 0 saturated carbocycles. The van der Waals surface area contributed by atoms with E-state index in [0.717, 1.165) is 56.4 Å². The zero-order chi connectivity index (χ0) is 17.0. The lowest BCUT2D eigenvalue weighted by Crippen LogP contribution is -2.39. The summed E-state index contributed by atoms with van der Waals surface area (Å²) in [5, 5.41) is 6.75. The average Bonchev–Trinajstić information content (AvgIpc) is 3.13. The Labute approximate surface area is 144 Å². The van der Waals surface area contributed by atoms with Crippen LogP contribution in [0.2, 0.25) is 0 Å². The van der Waals surface area contributed by atoms with E-state index in [4.69, 9.17) is 9.15 Å². The summed E-state index contributed by atoms with van der Waals surface area (Å²) in [6.07, 6.45) is 4.52. The minimum absolute atomic E-state index is 0.797. The van der Waals surface area contributed by atoms with Crippen LogP contribution in [-0.2, 0) is 12.8 Å². The Hall–Kier alpha value is -2.43. The third-order valence-electron chi connectivity index (χ3n) is 3.60. The van der Waals surface area contributed by atoms with Crippen LogP contribution in [0.3, 0.4) is 0 Å². The van der Waals surface area contributed by atoms with Gasteiger partial charge in [0, 0.05) is 26.1 Å². The van der Waals surface area contributed by atoms with Crippen molar-refractivity contribution < 1.29 is 9.15 Å². The second kappa shape index (κ2) is 10.4. The molecular formula is C19H27N3O2. The summed E-state index contributed by atoms with van der Waals surface area (Å²) in [4.78, 5) is 4.56. The van der Waals surface area contributed by atoms with Crippen molar-refractivity contribution in [2.45, 2.75) is 26.2 Å². The summed E-state index contributed by atoms with van der Waals surface area (Å²) in [7, 11) is 1.68. The molecule has 0 aliphatic heterocycles. The summed E-state index contributed by atoms with van der Waals surface area (Å²) < 4.78 is 10.5. The summed E-state index contributed by atoms with van der Waals surface area (Å²) in [5.41, 5.74) is 1.27. The molecule has 130 valence electrons. The summed E-state index contributed by atoms with van der Waals surface area (Å²) >= 11 is 0. The quantitative estimate of drug-likeness (QED) is 0.548. The van der Waals surface area contributed by atoms with Crippen LogP contribution < -0.4 is 15.4 Å². The molecule has 0 bridgehead atoms. The zero-order valence-corrected chi connectivity index (χ0v) is 14.5. The number of methoxy groups -OCH3 is 1. The zero-order valence-electron chi connectivity index (χ0n) is 14.5. The van der Waals surface area contributed by atoms with Crippen LogP contribution in [0, 0.1) is 0 Å². The molecule has 2 aromatic rings. The lowest BCUT2D eigenvalue weighted by molar-refractivity contribution is 0.414. The maximum atomic E-state index is 5.34. The Kier molecular flexibility index (Phi) is 7.74. The number of hydrogen-bond acceptors (Lipinski definition) is 3. The van der Waals surface area contributed by atoms with Crippen LogP contribution >= 0.6 is 0 Å². The van der Waals surface area contributed by atoms with Crippen molar-refractivity contribution in [3.63, 3.8) is 0 Å². The highest BCUT2D eigenvalue weighted by Crippen LogP contribution is 2.11. The van der Waals surface area contributed by atoms with Crippen LogP contribution in [0.4, 0.5) is 0 Å². The molecule has 2 N–H and O–H groups in total. The molecule has 0 atom stereocenters. The number of rotatable bonds is 9. The van der Waals surface area contributed by atoms with Gasteiger partial charge in [-0.25, -0.2) is 0 Å². The van der Waals surface area contributed by atoms with Gasteiger partial charge in [0.05, 0.1) is 13.4 Å². The fraction of sp³-hybridized carbons (Fsp3) is 0.421. The predicted molar refractivity (Wildman–Crippen MR) is 97.7 cm³/mol. The number of aliphatic imine (C=N–C) groups is 1. The number of nitrogens with one attached hydrogen (secondary N) is 2. The first kappa shape index (κ1) is 17.9. The van der Waals surface area contributed by atoms with Crippen LogP contribution in [0.25, 0.3) is 0 Å². The number of benzene rings is 1. The molecule has 0 aliphatic rings. The number of guanidine groups is 1. The van der Waals surface area contributed by atoms with E-state index in [0.29, 0.717) is 0 Å². The SMILES string of the molecule is CCCN=C(NCCc1ccc(OC)cc1)NCCc1ccco1. The van der Waals surface area contributed by atoms with Crippen molar-refractivity contribution in [3.8, 4) is 5.75 Å². The largest absolute Gasteiger partial charge is 0.497 e. The average molecular weight is 329 g/mol. The number of nitrogens with zero attached hydrogens (tertiary/aromatic N) is 1. The molecule has 5 heteroatoms. The highest BCUT2D eigenvalue weighted by atomic mass is 16.5. The number of ether oxygens (including phenoxy) is 1. The topological polar surface area (TPSA) is 58.8 Å². The van der Waals surface area contributed by atoms with Crippen molar-refractivity contribution >= 4 is 5.96 Å². The van der Waals surface area contributed by atoms with Gasteiger partial charge in [-0.1, -0.05) is 19.1 Å². The Balaban J connectivity index is 1.75. The Morgan fingerprint density at radius 2 is 1.83 bits per heavy atom. The van der Waals surface area contributed by atoms with Gasteiger partial charge in [0.15, 0.2) is 5.96 Å². The van der Waals surface area contributed by atoms with E-state index in [2.05, 4.69) is 34.7 Å². The molecular weight excluding hydrogens is 302 g/mol. The number of furan rings is 1. The molecule has 0 spiro atoms. The second-order valence-corrected chi connectivity index (χ2v) is 5.51. The monoisotopic (exact) mass is 329 g/mol. The first-order valence-corrected chi connectivity index (χ1v) is 8.49. The summed E-state index contributed by atoms with van der Waals surface area (Å²) in [6, 6.07) is 12.1. The minimum Gasteiger partial charge on any atom is -0.497 e. The smallest absolute Gasteiger partial charge is 0.191 e. The number of hydrogen-bond donors (Lipinski definition) is 2. The van der Waals surface area contributed by atoms with E-state index < -0.39 is 0 Å². The van der Waals surface area contributed by atoms with Gasteiger partial charge in [-0.05, 0) is 42.7 Å². The molecule has 24 heavy (non-hydrogen) atoms. The molecule has 1 heterocycles. The molecule has 0 radical (unpaired) electrons. The third-order valence-corrected chi connectivity index (χ3v) is 3.60. The van der Waals surface area contributed by atoms with Gasteiger partial charge in [-0.2, -0.15) is 0 Å². The molecule has 1 aromatic heterocycles. The fourth-order valence-corrected chi connectivity index (χ4v) is 2.27. The Morgan fingerprint density at radius 1 is 1.08 bits per heavy atom. The van der Waals surface area contributed by atoms with Crippen molar-refractivity contribution in [1.29, 1.82) is 0 Å². The van der Waals surface area contributed by atoms with Gasteiger partial charge in [0.1, 0.15) is 11.5 Å². The first-order chi connectivity index (χ1) is 11.8. The second-order valence-electron chi connectivity index (χ2n) is 5.51. The van der Waals surface area contributed by atoms with E-state index >= 15 is 0 Å². The molecule has 0 aliphatic carbocycles. The van der Waals surface area contributed by atoms with E-state index in [-0.39, 0.29) is 0 Å². The molecule has 0 saturated heterocycles. The fourth-order valence-electron chi connectivity index (χ4n) is 2.27. The van der Waals surface area contributed by atoms with Gasteiger partial charge in [0.25, 0.3) is 0 Å². The maximum absolute atomic E-state index is 5.34. The van der Waals surface area contributed by atoms with Crippen molar-refractivity contribution in [2.75, 3.05) is 26.7 Å². The first-order valence-electron chi connectivity index (χ1n) is 8.49. The Bertz CT molecular complexity index is 592. The minimum atomic E-state index is 0.797. The van der Waals surface area contributed by atoms with Gasteiger partial charge < -0.3 is 19.8 Å². The molecule has 0 fully saturated rings. The van der Waals surface area contributed by atoms with Gasteiger partial charge in [-0.3, -0.25) is 4.99 Å². The summed E-state index contributed by atoms with van der Waals surface area (Å²) in [6.45, 7) is 4.58. The molecule has 1 aromatic carbocycles. The van der Waals surface area contributed by atoms with Crippen LogP contribution in [0.1, 0.15) is 24.7 Å². The highest BCUT2D eigenvalue weighted by Gasteiger charge is 2.01. The Morgan fingerprint density at radius 3 is 2.46 bits per heavy atom. The summed E-state index contributed by atoms with van der Waals surface area (Å²) in [5.74, 6) is 2.73. The van der Waals surface area contributed by atoms with E-state index in [1.807, 2.05) is 24.3 Å². The normalized spacial score (nSPS) is 11.3. The van der Waals surface area contributed by atoms with E-state index in [1.54, 1.807) is 13.4 Å².